The molecule has 2 aromatic heterocycles. The van der Waals surface area contributed by atoms with Crippen LogP contribution in [-0.4, -0.2) is 43.8 Å². The first-order valence-electron chi connectivity index (χ1n) is 8.80. The molecule has 1 unspecified atom stereocenters. The predicted molar refractivity (Wildman–Crippen MR) is 104 cm³/mol. The van der Waals surface area contributed by atoms with Gasteiger partial charge in [-0.3, -0.25) is 9.48 Å². The van der Waals surface area contributed by atoms with Crippen molar-refractivity contribution in [3.05, 3.63) is 54.6 Å². The molecule has 9 heteroatoms. The Bertz CT molecular complexity index is 871. The fourth-order valence-electron chi connectivity index (χ4n) is 3.18. The maximum atomic E-state index is 12.5. The van der Waals surface area contributed by atoms with Crippen LogP contribution in [0.15, 0.2) is 48.9 Å². The third kappa shape index (κ3) is 4.72. The van der Waals surface area contributed by atoms with Crippen molar-refractivity contribution in [2.45, 2.75) is 19.4 Å². The van der Waals surface area contributed by atoms with E-state index in [4.69, 9.17) is 0 Å². The third-order valence-electron chi connectivity index (χ3n) is 4.49. The molecule has 0 saturated carbocycles. The number of nitrogens with one attached hydrogen (secondary N) is 2. The quantitative estimate of drug-likeness (QED) is 0.700. The van der Waals surface area contributed by atoms with E-state index < -0.39 is 0 Å². The van der Waals surface area contributed by atoms with Crippen molar-refractivity contribution in [2.75, 3.05) is 18.4 Å². The fourth-order valence-corrected chi connectivity index (χ4v) is 3.18. The van der Waals surface area contributed by atoms with Crippen LogP contribution in [0.2, 0.25) is 0 Å². The highest BCUT2D eigenvalue weighted by molar-refractivity contribution is 6.02. The summed E-state index contributed by atoms with van der Waals surface area (Å²) in [5.74, 6) is 0.266. The number of hydrogen-bond acceptors (Lipinski definition) is 5. The lowest BCUT2D eigenvalue weighted by Gasteiger charge is -2.22. The van der Waals surface area contributed by atoms with E-state index in [9.17, 15) is 4.79 Å². The van der Waals surface area contributed by atoms with Crippen molar-refractivity contribution in [1.82, 2.24) is 30.1 Å². The van der Waals surface area contributed by atoms with Gasteiger partial charge in [-0.1, -0.05) is 11.3 Å². The van der Waals surface area contributed by atoms with Crippen LogP contribution in [-0.2, 0) is 6.54 Å². The number of amides is 1. The Labute approximate surface area is 163 Å². The Kier molecular flexibility index (Phi) is 6.20. The number of hydrogen-bond donors (Lipinski definition) is 2. The molecule has 1 aliphatic rings. The molecule has 1 fully saturated rings. The summed E-state index contributed by atoms with van der Waals surface area (Å²) in [7, 11) is 0. The molecule has 27 heavy (non-hydrogen) atoms. The zero-order valence-electron chi connectivity index (χ0n) is 14.8. The van der Waals surface area contributed by atoms with E-state index in [0.717, 1.165) is 25.3 Å². The van der Waals surface area contributed by atoms with Gasteiger partial charge in [0.2, 0.25) is 0 Å². The monoisotopic (exact) mass is 387 g/mol. The minimum Gasteiger partial charge on any atom is -0.320 e. The van der Waals surface area contributed by atoms with Crippen LogP contribution >= 0.6 is 12.4 Å². The normalized spacial score (nSPS) is 16.5. The molecule has 1 saturated heterocycles. The van der Waals surface area contributed by atoms with Crippen LogP contribution in [0, 0.1) is 5.92 Å². The lowest BCUT2D eigenvalue weighted by molar-refractivity contribution is 0.102. The van der Waals surface area contributed by atoms with E-state index in [0.29, 0.717) is 17.3 Å². The van der Waals surface area contributed by atoms with Crippen LogP contribution < -0.4 is 10.6 Å². The molecular formula is C18H22ClN7O. The summed E-state index contributed by atoms with van der Waals surface area (Å²) in [5.41, 5.74) is 1.88. The van der Waals surface area contributed by atoms with Gasteiger partial charge in [-0.25, -0.2) is 4.68 Å². The number of nitrogens with zero attached hydrogens (tertiary/aromatic N) is 5. The van der Waals surface area contributed by atoms with Crippen LogP contribution in [0.3, 0.4) is 0 Å². The van der Waals surface area contributed by atoms with Gasteiger partial charge in [-0.2, -0.15) is 5.10 Å². The highest BCUT2D eigenvalue weighted by atomic mass is 35.5. The van der Waals surface area contributed by atoms with Gasteiger partial charge in [-0.15, -0.1) is 17.5 Å². The first-order chi connectivity index (χ1) is 12.8. The molecule has 142 valence electrons. The first-order valence-corrected chi connectivity index (χ1v) is 8.80. The van der Waals surface area contributed by atoms with Gasteiger partial charge in [0.05, 0.1) is 11.9 Å². The summed E-state index contributed by atoms with van der Waals surface area (Å²) in [4.78, 5) is 12.5. The number of piperidine rings is 1. The van der Waals surface area contributed by atoms with Crippen molar-refractivity contribution >= 4 is 24.0 Å². The molecule has 0 aliphatic carbocycles. The average Bonchev–Trinajstić information content (AvgIpc) is 3.35. The zero-order valence-corrected chi connectivity index (χ0v) is 15.6. The van der Waals surface area contributed by atoms with Crippen molar-refractivity contribution in [3.8, 4) is 5.69 Å². The molecule has 2 N–H and O–H groups in total. The molecule has 8 nitrogen and oxygen atoms in total. The Hall–Kier alpha value is -2.71. The van der Waals surface area contributed by atoms with Gasteiger partial charge in [-0.05, 0) is 56.1 Å². The Morgan fingerprint density at radius 2 is 2.26 bits per heavy atom. The highest BCUT2D eigenvalue weighted by Crippen LogP contribution is 2.15. The van der Waals surface area contributed by atoms with Gasteiger partial charge in [0.15, 0.2) is 5.69 Å². The maximum Gasteiger partial charge on any atom is 0.277 e. The average molecular weight is 388 g/mol. The van der Waals surface area contributed by atoms with E-state index in [2.05, 4.69) is 26.0 Å². The Morgan fingerprint density at radius 3 is 3.04 bits per heavy atom. The van der Waals surface area contributed by atoms with Gasteiger partial charge < -0.3 is 10.6 Å². The van der Waals surface area contributed by atoms with E-state index in [-0.39, 0.29) is 18.3 Å². The van der Waals surface area contributed by atoms with Crippen molar-refractivity contribution in [1.29, 1.82) is 0 Å². The molecule has 3 aromatic rings. The molecule has 1 atom stereocenters. The van der Waals surface area contributed by atoms with Crippen molar-refractivity contribution in [3.63, 3.8) is 0 Å². The number of aromatic nitrogens is 5. The van der Waals surface area contributed by atoms with E-state index in [1.165, 1.54) is 12.8 Å². The Balaban J connectivity index is 0.00000210. The third-order valence-corrected chi connectivity index (χ3v) is 4.49. The number of halogens is 1. The van der Waals surface area contributed by atoms with Crippen molar-refractivity contribution < 1.29 is 4.79 Å². The number of carbonyl (C=O) groups excluding carboxylic acids is 1. The number of carbonyl (C=O) groups is 1. The van der Waals surface area contributed by atoms with Crippen LogP contribution in [0.5, 0.6) is 0 Å². The minimum atomic E-state index is -0.268. The number of benzene rings is 1. The first kappa shape index (κ1) is 19.1. The van der Waals surface area contributed by atoms with E-state index in [1.807, 2.05) is 36.5 Å². The molecule has 0 bridgehead atoms. The minimum absolute atomic E-state index is 0. The van der Waals surface area contributed by atoms with Crippen LogP contribution in [0.4, 0.5) is 5.69 Å². The van der Waals surface area contributed by atoms with Gasteiger partial charge in [0, 0.05) is 24.6 Å². The molecular weight excluding hydrogens is 366 g/mol. The highest BCUT2D eigenvalue weighted by Gasteiger charge is 2.16. The van der Waals surface area contributed by atoms with Gasteiger partial charge >= 0.3 is 0 Å². The number of anilines is 1. The molecule has 0 spiro atoms. The van der Waals surface area contributed by atoms with E-state index in [1.54, 1.807) is 21.8 Å². The lowest BCUT2D eigenvalue weighted by atomic mass is 10.00. The second kappa shape index (κ2) is 8.79. The second-order valence-electron chi connectivity index (χ2n) is 6.49. The summed E-state index contributed by atoms with van der Waals surface area (Å²) in [6.07, 6.45) is 7.63. The topological polar surface area (TPSA) is 89.7 Å². The molecule has 1 aromatic carbocycles. The summed E-state index contributed by atoms with van der Waals surface area (Å²) in [6.45, 7) is 2.85. The van der Waals surface area contributed by atoms with E-state index >= 15 is 0 Å². The summed E-state index contributed by atoms with van der Waals surface area (Å²) >= 11 is 0. The maximum absolute atomic E-state index is 12.5. The van der Waals surface area contributed by atoms with Gasteiger partial charge in [0.1, 0.15) is 0 Å². The molecule has 4 rings (SSSR count). The largest absolute Gasteiger partial charge is 0.320 e. The van der Waals surface area contributed by atoms with Gasteiger partial charge in [0.25, 0.3) is 5.91 Å². The zero-order chi connectivity index (χ0) is 17.8. The second-order valence-corrected chi connectivity index (χ2v) is 6.49. The molecule has 1 amide bonds. The standard InChI is InChI=1S/C18H21N7O.ClH/c26-18(17-13-24(23-22-17)12-14-4-2-7-19-11-14)21-15-5-1-6-16(10-15)25-9-3-8-20-25;/h1,3,5-6,8-10,13-14,19H,2,4,7,11-12H2,(H,21,26);1H. The summed E-state index contributed by atoms with van der Waals surface area (Å²) in [6, 6.07) is 9.36. The SMILES string of the molecule is Cl.O=C(Nc1cccc(-n2cccn2)c1)c1cn(CC2CCCNC2)nn1. The summed E-state index contributed by atoms with van der Waals surface area (Å²) in [5, 5.41) is 18.6. The molecule has 0 radical (unpaired) electrons. The predicted octanol–water partition coefficient (Wildman–Crippen LogP) is 2.14. The fraction of sp³-hybridized carbons (Fsp3) is 0.333. The Morgan fingerprint density at radius 1 is 1.33 bits per heavy atom. The molecule has 3 heterocycles. The smallest absolute Gasteiger partial charge is 0.277 e. The van der Waals surface area contributed by atoms with Crippen LogP contribution in [0.25, 0.3) is 5.69 Å². The summed E-state index contributed by atoms with van der Waals surface area (Å²) < 4.78 is 3.50. The van der Waals surface area contributed by atoms with Crippen LogP contribution in [0.1, 0.15) is 23.3 Å². The lowest BCUT2D eigenvalue weighted by Crippen LogP contribution is -2.32. The molecule has 1 aliphatic heterocycles. The van der Waals surface area contributed by atoms with Crippen molar-refractivity contribution in [2.24, 2.45) is 5.92 Å². The number of rotatable bonds is 5.